The Bertz CT molecular complexity index is 297. The van der Waals surface area contributed by atoms with E-state index in [1.807, 2.05) is 12.5 Å². The summed E-state index contributed by atoms with van der Waals surface area (Å²) in [4.78, 5) is 6.81. The Hall–Kier alpha value is -0.830. The van der Waals surface area contributed by atoms with Crippen molar-refractivity contribution in [1.29, 1.82) is 0 Å². The molecule has 0 fully saturated rings. The van der Waals surface area contributed by atoms with Crippen LogP contribution in [0.3, 0.4) is 0 Å². The second-order valence-electron chi connectivity index (χ2n) is 5.11. The Balaban J connectivity index is 2.25. The molecule has 0 radical (unpaired) electrons. The fourth-order valence-electron chi connectivity index (χ4n) is 2.41. The molecule has 0 amide bonds. The molecule has 3 heteroatoms. The van der Waals surface area contributed by atoms with Gasteiger partial charge in [0.2, 0.25) is 0 Å². The number of imidazole rings is 1. The molecule has 0 aliphatic carbocycles. The summed E-state index contributed by atoms with van der Waals surface area (Å²) in [6.45, 7) is 11.3. The van der Waals surface area contributed by atoms with Crippen LogP contribution < -0.4 is 0 Å². The molecule has 0 spiro atoms. The molecular formula is C12H21N3. The van der Waals surface area contributed by atoms with Crippen molar-refractivity contribution in [2.45, 2.75) is 52.9 Å². The van der Waals surface area contributed by atoms with Crippen molar-refractivity contribution in [2.24, 2.45) is 5.92 Å². The summed E-state index contributed by atoms with van der Waals surface area (Å²) in [5, 5.41) is 0. The van der Waals surface area contributed by atoms with Crippen LogP contribution in [0.1, 0.15) is 33.4 Å². The minimum Gasteiger partial charge on any atom is -0.332 e. The minimum atomic E-state index is 0.612. The summed E-state index contributed by atoms with van der Waals surface area (Å²) in [7, 11) is 0. The van der Waals surface area contributed by atoms with Gasteiger partial charge in [0.1, 0.15) is 0 Å². The van der Waals surface area contributed by atoms with Gasteiger partial charge < -0.3 is 4.57 Å². The molecule has 0 saturated carbocycles. The average Bonchev–Trinajstić information content (AvgIpc) is 2.61. The molecule has 0 N–H and O–H groups in total. The number of rotatable bonds is 2. The third-order valence-corrected chi connectivity index (χ3v) is 3.39. The summed E-state index contributed by atoms with van der Waals surface area (Å²) >= 11 is 0. The van der Waals surface area contributed by atoms with Gasteiger partial charge in [-0.05, 0) is 19.8 Å². The van der Waals surface area contributed by atoms with Crippen molar-refractivity contribution in [1.82, 2.24) is 14.5 Å². The van der Waals surface area contributed by atoms with Gasteiger partial charge in [0.05, 0.1) is 12.0 Å². The van der Waals surface area contributed by atoms with Crippen molar-refractivity contribution in [2.75, 3.05) is 0 Å². The number of nitrogens with zero attached hydrogens (tertiary/aromatic N) is 3. The lowest BCUT2D eigenvalue weighted by Crippen LogP contribution is -2.48. The maximum absolute atomic E-state index is 4.23. The first-order chi connectivity index (χ1) is 7.09. The molecule has 1 atom stereocenters. The molecular weight excluding hydrogens is 186 g/mol. The number of hydrogen-bond acceptors (Lipinski definition) is 2. The Morgan fingerprint density at radius 1 is 1.33 bits per heavy atom. The largest absolute Gasteiger partial charge is 0.332 e. The van der Waals surface area contributed by atoms with Crippen molar-refractivity contribution in [3.8, 4) is 0 Å². The first kappa shape index (κ1) is 10.7. The van der Waals surface area contributed by atoms with E-state index in [9.17, 15) is 0 Å². The molecule has 2 heterocycles. The predicted octanol–water partition coefficient (Wildman–Crippen LogP) is 2.13. The second-order valence-corrected chi connectivity index (χ2v) is 5.11. The zero-order chi connectivity index (χ0) is 11.0. The topological polar surface area (TPSA) is 21.1 Å². The summed E-state index contributed by atoms with van der Waals surface area (Å²) < 4.78 is 2.30. The van der Waals surface area contributed by atoms with Gasteiger partial charge in [-0.2, -0.15) is 0 Å². The van der Waals surface area contributed by atoms with E-state index in [1.54, 1.807) is 0 Å². The highest BCUT2D eigenvalue weighted by Crippen LogP contribution is 2.24. The monoisotopic (exact) mass is 207 g/mol. The SMILES string of the molecule is CC(C)C1Cn2cncc2CN1C(C)C. The lowest BCUT2D eigenvalue weighted by atomic mass is 9.98. The lowest BCUT2D eigenvalue weighted by Gasteiger charge is -2.41. The van der Waals surface area contributed by atoms with Crippen LogP contribution >= 0.6 is 0 Å². The molecule has 3 nitrogen and oxygen atoms in total. The van der Waals surface area contributed by atoms with E-state index in [2.05, 4.69) is 42.1 Å². The third-order valence-electron chi connectivity index (χ3n) is 3.39. The first-order valence-corrected chi connectivity index (χ1v) is 5.84. The van der Waals surface area contributed by atoms with Crippen molar-refractivity contribution >= 4 is 0 Å². The number of fused-ring (bicyclic) bond motifs is 1. The average molecular weight is 207 g/mol. The van der Waals surface area contributed by atoms with Crippen LogP contribution in [0, 0.1) is 5.92 Å². The molecule has 15 heavy (non-hydrogen) atoms. The molecule has 0 bridgehead atoms. The molecule has 0 saturated heterocycles. The Labute approximate surface area is 92.1 Å². The molecule has 1 aromatic rings. The maximum Gasteiger partial charge on any atom is 0.0949 e. The van der Waals surface area contributed by atoms with E-state index in [1.165, 1.54) is 5.69 Å². The highest BCUT2D eigenvalue weighted by molar-refractivity contribution is 5.03. The highest BCUT2D eigenvalue weighted by Gasteiger charge is 2.29. The number of aromatic nitrogens is 2. The van der Waals surface area contributed by atoms with Crippen molar-refractivity contribution in [3.63, 3.8) is 0 Å². The maximum atomic E-state index is 4.23. The second kappa shape index (κ2) is 3.97. The summed E-state index contributed by atoms with van der Waals surface area (Å²) in [6, 6.07) is 1.26. The Morgan fingerprint density at radius 3 is 2.67 bits per heavy atom. The van der Waals surface area contributed by atoms with E-state index in [0.717, 1.165) is 13.1 Å². The van der Waals surface area contributed by atoms with Gasteiger partial charge in [0.25, 0.3) is 0 Å². The van der Waals surface area contributed by atoms with Gasteiger partial charge >= 0.3 is 0 Å². The van der Waals surface area contributed by atoms with Crippen LogP contribution in [0.15, 0.2) is 12.5 Å². The van der Waals surface area contributed by atoms with Crippen LogP contribution in [0.5, 0.6) is 0 Å². The lowest BCUT2D eigenvalue weighted by molar-refractivity contribution is 0.0724. The van der Waals surface area contributed by atoms with Crippen LogP contribution in [0.2, 0.25) is 0 Å². The fourth-order valence-corrected chi connectivity index (χ4v) is 2.41. The molecule has 1 aromatic heterocycles. The molecule has 1 aliphatic rings. The molecule has 0 aromatic carbocycles. The van der Waals surface area contributed by atoms with E-state index in [-0.39, 0.29) is 0 Å². The van der Waals surface area contributed by atoms with Gasteiger partial charge in [-0.1, -0.05) is 13.8 Å². The quantitative estimate of drug-likeness (QED) is 0.741. The van der Waals surface area contributed by atoms with Crippen LogP contribution in [-0.2, 0) is 13.1 Å². The van der Waals surface area contributed by atoms with E-state index in [4.69, 9.17) is 0 Å². The van der Waals surface area contributed by atoms with Crippen molar-refractivity contribution in [3.05, 3.63) is 18.2 Å². The normalized spacial score (nSPS) is 22.4. The minimum absolute atomic E-state index is 0.612. The molecule has 84 valence electrons. The van der Waals surface area contributed by atoms with Gasteiger partial charge in [-0.3, -0.25) is 4.90 Å². The first-order valence-electron chi connectivity index (χ1n) is 5.84. The number of hydrogen-bond donors (Lipinski definition) is 0. The molecule has 1 aliphatic heterocycles. The molecule has 2 rings (SSSR count). The summed E-state index contributed by atoms with van der Waals surface area (Å²) in [5.41, 5.74) is 1.35. The van der Waals surface area contributed by atoms with Crippen LogP contribution in [0.25, 0.3) is 0 Å². The highest BCUT2D eigenvalue weighted by atomic mass is 15.3. The van der Waals surface area contributed by atoms with Gasteiger partial charge in [-0.15, -0.1) is 0 Å². The summed E-state index contributed by atoms with van der Waals surface area (Å²) in [6.07, 6.45) is 3.95. The smallest absolute Gasteiger partial charge is 0.0949 e. The molecule has 1 unspecified atom stereocenters. The van der Waals surface area contributed by atoms with Gasteiger partial charge in [-0.25, -0.2) is 4.98 Å². The predicted molar refractivity (Wildman–Crippen MR) is 61.5 cm³/mol. The van der Waals surface area contributed by atoms with Gasteiger partial charge in [0, 0.05) is 31.4 Å². The standard InChI is InChI=1S/C12H21N3/c1-9(2)12-7-14-8-13-5-11(14)6-15(12)10(3)4/h5,8-10,12H,6-7H2,1-4H3. The Kier molecular flexibility index (Phi) is 2.83. The summed E-state index contributed by atoms with van der Waals surface area (Å²) in [5.74, 6) is 0.697. The van der Waals surface area contributed by atoms with Gasteiger partial charge in [0.15, 0.2) is 0 Å². The third kappa shape index (κ3) is 1.93. The zero-order valence-electron chi connectivity index (χ0n) is 10.1. The van der Waals surface area contributed by atoms with Crippen LogP contribution in [-0.4, -0.2) is 26.5 Å². The van der Waals surface area contributed by atoms with E-state index >= 15 is 0 Å². The van der Waals surface area contributed by atoms with Crippen LogP contribution in [0.4, 0.5) is 0 Å². The zero-order valence-corrected chi connectivity index (χ0v) is 10.1. The van der Waals surface area contributed by atoms with E-state index < -0.39 is 0 Å². The Morgan fingerprint density at radius 2 is 2.07 bits per heavy atom. The van der Waals surface area contributed by atoms with Crippen molar-refractivity contribution < 1.29 is 0 Å². The fraction of sp³-hybridized carbons (Fsp3) is 0.750. The van der Waals surface area contributed by atoms with E-state index in [0.29, 0.717) is 18.0 Å².